The van der Waals surface area contributed by atoms with Gasteiger partial charge in [0, 0.05) is 30.4 Å². The van der Waals surface area contributed by atoms with E-state index in [0.717, 1.165) is 4.90 Å². The van der Waals surface area contributed by atoms with E-state index in [0.29, 0.717) is 23.2 Å². The number of carboxylic acids is 1. The number of amides is 1. The molecule has 7 heteroatoms. The molecule has 0 aliphatic carbocycles. The largest absolute Gasteiger partial charge is 0.480 e. The summed E-state index contributed by atoms with van der Waals surface area (Å²) in [6.45, 7) is -0.456. The molecule has 3 aromatic rings. The van der Waals surface area contributed by atoms with Crippen LogP contribution in [0, 0.1) is 11.6 Å². The van der Waals surface area contributed by atoms with Crippen molar-refractivity contribution in [3.63, 3.8) is 0 Å². The zero-order chi connectivity index (χ0) is 21.5. The van der Waals surface area contributed by atoms with E-state index < -0.39 is 24.2 Å². The van der Waals surface area contributed by atoms with Crippen LogP contribution in [0.3, 0.4) is 0 Å². The van der Waals surface area contributed by atoms with E-state index in [2.05, 4.69) is 4.98 Å². The number of aliphatic carboxylic acids is 1. The Morgan fingerprint density at radius 2 is 1.80 bits per heavy atom. The SMILES string of the molecule is O=C(O)CN(CCc1ccccc1F)C(=O)c1ccnc(Cc2cccc(F)c2)c1. The average molecular weight is 410 g/mol. The van der Waals surface area contributed by atoms with Gasteiger partial charge in [-0.25, -0.2) is 8.78 Å². The highest BCUT2D eigenvalue weighted by molar-refractivity contribution is 5.95. The van der Waals surface area contributed by atoms with E-state index in [1.54, 1.807) is 36.4 Å². The van der Waals surface area contributed by atoms with Gasteiger partial charge < -0.3 is 10.0 Å². The summed E-state index contributed by atoms with van der Waals surface area (Å²) in [5, 5.41) is 9.19. The molecule has 0 atom stereocenters. The minimum Gasteiger partial charge on any atom is -0.480 e. The highest BCUT2D eigenvalue weighted by Crippen LogP contribution is 2.14. The molecule has 1 N–H and O–H groups in total. The Hall–Kier alpha value is -3.61. The van der Waals surface area contributed by atoms with E-state index in [-0.39, 0.29) is 24.3 Å². The van der Waals surface area contributed by atoms with Crippen molar-refractivity contribution in [3.05, 3.63) is 101 Å². The van der Waals surface area contributed by atoms with E-state index in [1.165, 1.54) is 30.5 Å². The van der Waals surface area contributed by atoms with Gasteiger partial charge in [-0.05, 0) is 47.9 Å². The molecule has 0 saturated carbocycles. The molecular formula is C23H20F2N2O3. The molecular weight excluding hydrogens is 390 g/mol. The molecule has 0 aliphatic heterocycles. The van der Waals surface area contributed by atoms with Crippen molar-refractivity contribution >= 4 is 11.9 Å². The third-order valence-corrected chi connectivity index (χ3v) is 4.56. The number of hydrogen-bond acceptors (Lipinski definition) is 3. The van der Waals surface area contributed by atoms with Gasteiger partial charge in [0.15, 0.2) is 0 Å². The predicted molar refractivity (Wildman–Crippen MR) is 107 cm³/mol. The average Bonchev–Trinajstić information content (AvgIpc) is 2.71. The summed E-state index contributed by atoms with van der Waals surface area (Å²) in [6.07, 6.45) is 1.97. The number of carbonyl (C=O) groups excluding carboxylic acids is 1. The topological polar surface area (TPSA) is 70.5 Å². The van der Waals surface area contributed by atoms with E-state index in [4.69, 9.17) is 0 Å². The Bertz CT molecular complexity index is 1060. The molecule has 1 heterocycles. The van der Waals surface area contributed by atoms with Gasteiger partial charge >= 0.3 is 5.97 Å². The fourth-order valence-electron chi connectivity index (χ4n) is 3.12. The Balaban J connectivity index is 1.76. The molecule has 0 spiro atoms. The summed E-state index contributed by atoms with van der Waals surface area (Å²) in [5.74, 6) is -2.41. The van der Waals surface area contributed by atoms with Crippen LogP contribution in [0.2, 0.25) is 0 Å². The van der Waals surface area contributed by atoms with Crippen LogP contribution in [-0.4, -0.2) is 40.0 Å². The van der Waals surface area contributed by atoms with E-state index >= 15 is 0 Å². The number of carbonyl (C=O) groups is 2. The Morgan fingerprint density at radius 1 is 1.00 bits per heavy atom. The number of halogens is 2. The van der Waals surface area contributed by atoms with Gasteiger partial charge in [0.25, 0.3) is 5.91 Å². The molecule has 0 aliphatic rings. The predicted octanol–water partition coefficient (Wildman–Crippen LogP) is 3.72. The first-order chi connectivity index (χ1) is 14.4. The second-order valence-corrected chi connectivity index (χ2v) is 6.80. The van der Waals surface area contributed by atoms with Crippen LogP contribution in [-0.2, 0) is 17.6 Å². The molecule has 154 valence electrons. The third-order valence-electron chi connectivity index (χ3n) is 4.56. The van der Waals surface area contributed by atoms with Gasteiger partial charge in [0.2, 0.25) is 0 Å². The fourth-order valence-corrected chi connectivity index (χ4v) is 3.12. The van der Waals surface area contributed by atoms with Crippen molar-refractivity contribution in [2.75, 3.05) is 13.1 Å². The minimum atomic E-state index is -1.16. The molecule has 2 aromatic carbocycles. The van der Waals surface area contributed by atoms with Crippen molar-refractivity contribution < 1.29 is 23.5 Å². The molecule has 0 fully saturated rings. The standard InChI is InChI=1S/C23H20F2N2O3/c24-19-6-3-4-16(12-19)13-20-14-18(8-10-26-20)23(30)27(15-22(28)29)11-9-17-5-1-2-7-21(17)25/h1-8,10,12,14H,9,11,13,15H2,(H,28,29). The molecule has 5 nitrogen and oxygen atoms in total. The number of nitrogens with zero attached hydrogens (tertiary/aromatic N) is 2. The summed E-state index contributed by atoms with van der Waals surface area (Å²) in [4.78, 5) is 29.6. The van der Waals surface area contributed by atoms with Crippen LogP contribution in [0.25, 0.3) is 0 Å². The Kier molecular flexibility index (Phi) is 6.85. The highest BCUT2D eigenvalue weighted by Gasteiger charge is 2.19. The summed E-state index contributed by atoms with van der Waals surface area (Å²) in [7, 11) is 0. The molecule has 0 radical (unpaired) electrons. The third kappa shape index (κ3) is 5.70. The lowest BCUT2D eigenvalue weighted by Gasteiger charge is -2.21. The van der Waals surface area contributed by atoms with Crippen LogP contribution in [0.5, 0.6) is 0 Å². The smallest absolute Gasteiger partial charge is 0.323 e. The maximum atomic E-state index is 13.9. The zero-order valence-electron chi connectivity index (χ0n) is 16.1. The van der Waals surface area contributed by atoms with Crippen molar-refractivity contribution in [1.29, 1.82) is 0 Å². The first-order valence-electron chi connectivity index (χ1n) is 9.36. The van der Waals surface area contributed by atoms with Crippen molar-refractivity contribution in [3.8, 4) is 0 Å². The van der Waals surface area contributed by atoms with Gasteiger partial charge in [-0.15, -0.1) is 0 Å². The van der Waals surface area contributed by atoms with E-state index in [1.807, 2.05) is 0 Å². The Labute approximate surface area is 172 Å². The van der Waals surface area contributed by atoms with Gasteiger partial charge in [0.1, 0.15) is 18.2 Å². The van der Waals surface area contributed by atoms with Gasteiger partial charge in [-0.3, -0.25) is 14.6 Å². The lowest BCUT2D eigenvalue weighted by Crippen LogP contribution is -2.37. The van der Waals surface area contributed by atoms with Crippen LogP contribution in [0.1, 0.15) is 27.2 Å². The molecule has 30 heavy (non-hydrogen) atoms. The van der Waals surface area contributed by atoms with Gasteiger partial charge in [0.05, 0.1) is 0 Å². The van der Waals surface area contributed by atoms with Gasteiger partial charge in [-0.2, -0.15) is 0 Å². The summed E-state index contributed by atoms with van der Waals surface area (Å²) >= 11 is 0. The Morgan fingerprint density at radius 3 is 2.53 bits per heavy atom. The number of benzene rings is 2. The quantitative estimate of drug-likeness (QED) is 0.615. The highest BCUT2D eigenvalue weighted by atomic mass is 19.1. The first kappa shape index (κ1) is 21.1. The van der Waals surface area contributed by atoms with Crippen molar-refractivity contribution in [2.45, 2.75) is 12.8 Å². The number of carboxylic acid groups (broad SMARTS) is 1. The molecule has 0 bridgehead atoms. The number of pyridine rings is 1. The molecule has 1 aromatic heterocycles. The lowest BCUT2D eigenvalue weighted by atomic mass is 10.1. The molecule has 0 unspecified atom stereocenters. The maximum Gasteiger partial charge on any atom is 0.323 e. The molecule has 0 saturated heterocycles. The van der Waals surface area contributed by atoms with Gasteiger partial charge in [-0.1, -0.05) is 30.3 Å². The first-order valence-corrected chi connectivity index (χ1v) is 9.36. The lowest BCUT2D eigenvalue weighted by molar-refractivity contribution is -0.137. The minimum absolute atomic E-state index is 0.0492. The molecule has 1 amide bonds. The van der Waals surface area contributed by atoms with Crippen LogP contribution in [0.4, 0.5) is 8.78 Å². The monoisotopic (exact) mass is 410 g/mol. The van der Waals surface area contributed by atoms with Crippen molar-refractivity contribution in [1.82, 2.24) is 9.88 Å². The number of hydrogen-bond donors (Lipinski definition) is 1. The maximum absolute atomic E-state index is 13.9. The number of rotatable bonds is 8. The summed E-state index contributed by atoms with van der Waals surface area (Å²) < 4.78 is 27.3. The van der Waals surface area contributed by atoms with Crippen LogP contribution < -0.4 is 0 Å². The second-order valence-electron chi connectivity index (χ2n) is 6.80. The summed E-state index contributed by atoms with van der Waals surface area (Å²) in [6, 6.07) is 15.3. The normalized spacial score (nSPS) is 10.6. The van der Waals surface area contributed by atoms with E-state index in [9.17, 15) is 23.5 Å². The summed E-state index contributed by atoms with van der Waals surface area (Å²) in [5.41, 5.74) is 1.93. The van der Waals surface area contributed by atoms with Crippen LogP contribution >= 0.6 is 0 Å². The van der Waals surface area contributed by atoms with Crippen LogP contribution in [0.15, 0.2) is 66.9 Å². The van der Waals surface area contributed by atoms with Crippen molar-refractivity contribution in [2.24, 2.45) is 0 Å². The second kappa shape index (κ2) is 9.73. The zero-order valence-corrected chi connectivity index (χ0v) is 16.1. The molecule has 3 rings (SSSR count). The fraction of sp³-hybridized carbons (Fsp3) is 0.174. The number of aromatic nitrogens is 1.